The highest BCUT2D eigenvalue weighted by atomic mass is 32.2. The van der Waals surface area contributed by atoms with Gasteiger partial charge in [0.2, 0.25) is 9.84 Å². The van der Waals surface area contributed by atoms with Crippen LogP contribution in [0.25, 0.3) is 55.0 Å². The molecule has 0 saturated carbocycles. The van der Waals surface area contributed by atoms with E-state index in [1.807, 2.05) is 30.3 Å². The van der Waals surface area contributed by atoms with Crippen LogP contribution in [0, 0.1) is 0 Å². The molecule has 8 aromatic rings. The molecule has 0 unspecified atom stereocenters. The van der Waals surface area contributed by atoms with Gasteiger partial charge in [0.1, 0.15) is 0 Å². The van der Waals surface area contributed by atoms with Crippen molar-refractivity contribution in [2.24, 2.45) is 0 Å². The van der Waals surface area contributed by atoms with E-state index in [0.717, 1.165) is 33.4 Å². The van der Waals surface area contributed by atoms with Crippen molar-refractivity contribution < 1.29 is 8.42 Å². The van der Waals surface area contributed by atoms with Gasteiger partial charge in [-0.3, -0.25) is 0 Å². The Bertz CT molecular complexity index is 2840. The number of benzene rings is 6. The predicted molar refractivity (Wildman–Crippen MR) is 242 cm³/mol. The van der Waals surface area contributed by atoms with Crippen molar-refractivity contribution in [2.75, 3.05) is 0 Å². The van der Waals surface area contributed by atoms with E-state index in [4.69, 9.17) is 0 Å². The molecule has 292 valence electrons. The van der Waals surface area contributed by atoms with Crippen molar-refractivity contribution in [1.29, 1.82) is 0 Å². The minimum absolute atomic E-state index is 0.00465. The maximum absolute atomic E-state index is 14.5. The second kappa shape index (κ2) is 12.9. The Kier molecular flexibility index (Phi) is 8.79. The molecule has 57 heavy (non-hydrogen) atoms. The maximum atomic E-state index is 14.5. The van der Waals surface area contributed by atoms with Gasteiger partial charge in [0, 0.05) is 32.9 Å². The van der Waals surface area contributed by atoms with Crippen LogP contribution in [0.1, 0.15) is 105 Å². The van der Waals surface area contributed by atoms with Crippen molar-refractivity contribution in [3.8, 4) is 11.4 Å². The highest BCUT2D eigenvalue weighted by molar-refractivity contribution is 7.91. The Morgan fingerprint density at radius 1 is 0.351 bits per heavy atom. The summed E-state index contributed by atoms with van der Waals surface area (Å²) >= 11 is 0. The summed E-state index contributed by atoms with van der Waals surface area (Å²) in [6.07, 6.45) is 0. The van der Waals surface area contributed by atoms with Crippen molar-refractivity contribution >= 4 is 53.4 Å². The molecule has 0 bridgehead atoms. The summed E-state index contributed by atoms with van der Waals surface area (Å²) in [5.74, 6) is 0. The summed E-state index contributed by atoms with van der Waals surface area (Å²) in [7, 11) is -3.85. The topological polar surface area (TPSA) is 44.0 Å². The van der Waals surface area contributed by atoms with Gasteiger partial charge in [0.15, 0.2) is 0 Å². The molecule has 0 aliphatic heterocycles. The van der Waals surface area contributed by atoms with Crippen LogP contribution in [-0.2, 0) is 31.5 Å². The third kappa shape index (κ3) is 6.68. The molecule has 0 radical (unpaired) electrons. The van der Waals surface area contributed by atoms with E-state index in [2.05, 4.69) is 165 Å². The van der Waals surface area contributed by atoms with E-state index in [0.29, 0.717) is 0 Å². The van der Waals surface area contributed by atoms with E-state index < -0.39 is 9.84 Å². The predicted octanol–water partition coefficient (Wildman–Crippen LogP) is 13.9. The van der Waals surface area contributed by atoms with Crippen LogP contribution in [0.4, 0.5) is 0 Å². The Morgan fingerprint density at radius 3 is 1.02 bits per heavy atom. The van der Waals surface area contributed by atoms with E-state index in [1.54, 1.807) is 18.2 Å². The first-order chi connectivity index (χ1) is 26.5. The molecular formula is C52H56N2O2S. The van der Waals surface area contributed by atoms with Gasteiger partial charge in [-0.1, -0.05) is 113 Å². The van der Waals surface area contributed by atoms with Crippen LogP contribution in [0.3, 0.4) is 0 Å². The fourth-order valence-corrected chi connectivity index (χ4v) is 9.47. The number of aromatic nitrogens is 2. The second-order valence-electron chi connectivity index (χ2n) is 20.1. The Balaban J connectivity index is 1.23. The molecule has 8 rings (SSSR count). The van der Waals surface area contributed by atoms with Crippen molar-refractivity contribution in [3.63, 3.8) is 0 Å². The summed E-state index contributed by atoms with van der Waals surface area (Å²) < 4.78 is 33.4. The lowest BCUT2D eigenvalue weighted by atomic mass is 9.85. The normalized spacial score (nSPS) is 13.4. The molecule has 0 aliphatic carbocycles. The lowest BCUT2D eigenvalue weighted by Crippen LogP contribution is -2.10. The average Bonchev–Trinajstić information content (AvgIpc) is 3.65. The zero-order valence-corrected chi connectivity index (χ0v) is 36.5. The van der Waals surface area contributed by atoms with E-state index in [1.165, 1.54) is 43.8 Å². The first kappa shape index (κ1) is 38.7. The summed E-state index contributed by atoms with van der Waals surface area (Å²) in [4.78, 5) is 0.530. The molecule has 0 aliphatic rings. The average molecular weight is 773 g/mol. The fourth-order valence-electron chi connectivity index (χ4n) is 8.17. The fraction of sp³-hybridized carbons (Fsp3) is 0.308. The van der Waals surface area contributed by atoms with Crippen molar-refractivity contribution in [3.05, 3.63) is 144 Å². The molecule has 0 fully saturated rings. The quantitative estimate of drug-likeness (QED) is 0.179. The minimum Gasteiger partial charge on any atom is -0.309 e. The van der Waals surface area contributed by atoms with Gasteiger partial charge < -0.3 is 9.13 Å². The molecule has 5 heteroatoms. The van der Waals surface area contributed by atoms with Crippen LogP contribution in [0.5, 0.6) is 0 Å². The zero-order chi connectivity index (χ0) is 41.0. The number of fused-ring (bicyclic) bond motifs is 6. The number of sulfone groups is 1. The smallest absolute Gasteiger partial charge is 0.206 e. The lowest BCUT2D eigenvalue weighted by molar-refractivity contribution is 0.590. The summed E-state index contributed by atoms with van der Waals surface area (Å²) in [6, 6.07) is 41.7. The SMILES string of the molecule is CC(C)(C)c1ccc2c(c1)c1cc(C(C)(C)C)ccc1n2-c1ccc(S(=O)(=O)c2cccc(-n3c4ccc(C(C)(C)C)cc4c4cc(C(C)(C)C)ccc43)c2)cc1. The summed E-state index contributed by atoms with van der Waals surface area (Å²) in [5.41, 5.74) is 11.1. The van der Waals surface area contributed by atoms with E-state index in [-0.39, 0.29) is 31.5 Å². The molecule has 6 aromatic carbocycles. The molecule has 4 nitrogen and oxygen atoms in total. The first-order valence-electron chi connectivity index (χ1n) is 20.2. The third-order valence-electron chi connectivity index (χ3n) is 11.8. The van der Waals surface area contributed by atoms with E-state index in [9.17, 15) is 8.42 Å². The van der Waals surface area contributed by atoms with Gasteiger partial charge in [0.25, 0.3) is 0 Å². The summed E-state index contributed by atoms with van der Waals surface area (Å²) in [6.45, 7) is 26.9. The summed E-state index contributed by atoms with van der Waals surface area (Å²) in [5, 5.41) is 4.74. The van der Waals surface area contributed by atoms with Crippen LogP contribution >= 0.6 is 0 Å². The van der Waals surface area contributed by atoms with Gasteiger partial charge in [-0.05, 0) is 135 Å². The Hall–Kier alpha value is -5.13. The van der Waals surface area contributed by atoms with E-state index >= 15 is 0 Å². The van der Waals surface area contributed by atoms with Crippen molar-refractivity contribution in [2.45, 2.75) is 115 Å². The molecule has 0 amide bonds. The molecule has 0 spiro atoms. The monoisotopic (exact) mass is 772 g/mol. The number of hydrogen-bond acceptors (Lipinski definition) is 2. The van der Waals surface area contributed by atoms with Gasteiger partial charge in [-0.15, -0.1) is 0 Å². The number of rotatable bonds is 4. The van der Waals surface area contributed by atoms with Crippen LogP contribution < -0.4 is 0 Å². The Labute approximate surface area is 339 Å². The highest BCUT2D eigenvalue weighted by Crippen LogP contribution is 2.40. The maximum Gasteiger partial charge on any atom is 0.206 e. The molecule has 0 atom stereocenters. The molecule has 2 heterocycles. The lowest BCUT2D eigenvalue weighted by Gasteiger charge is -2.19. The minimum atomic E-state index is -3.85. The second-order valence-corrected chi connectivity index (χ2v) is 22.0. The number of hydrogen-bond donors (Lipinski definition) is 0. The molecule has 0 saturated heterocycles. The molecule has 2 aromatic heterocycles. The van der Waals surface area contributed by atoms with Crippen LogP contribution in [-0.4, -0.2) is 17.6 Å². The van der Waals surface area contributed by atoms with Crippen LogP contribution in [0.2, 0.25) is 0 Å². The third-order valence-corrected chi connectivity index (χ3v) is 13.6. The van der Waals surface area contributed by atoms with Gasteiger partial charge in [-0.2, -0.15) is 0 Å². The largest absolute Gasteiger partial charge is 0.309 e. The number of nitrogens with zero attached hydrogens (tertiary/aromatic N) is 2. The molecule has 0 N–H and O–H groups in total. The van der Waals surface area contributed by atoms with Gasteiger partial charge in [0.05, 0.1) is 31.9 Å². The zero-order valence-electron chi connectivity index (χ0n) is 35.7. The van der Waals surface area contributed by atoms with Gasteiger partial charge >= 0.3 is 0 Å². The highest BCUT2D eigenvalue weighted by Gasteiger charge is 2.25. The van der Waals surface area contributed by atoms with Crippen molar-refractivity contribution in [1.82, 2.24) is 9.13 Å². The van der Waals surface area contributed by atoms with Crippen LogP contribution in [0.15, 0.2) is 131 Å². The molecular weight excluding hydrogens is 717 g/mol. The standard InChI is InChI=1S/C52H56N2O2S/c1-49(2,3)33-16-24-45-41(28-33)42-29-34(50(4,5)6)17-25-46(42)53(45)37-20-22-39(23-21-37)57(55,56)40-15-13-14-38(32-40)54-47-26-18-35(51(7,8)9)30-43(47)44-31-36(52(10,11)12)19-27-48(44)54/h13-32H,1-12H3. The first-order valence-corrected chi connectivity index (χ1v) is 21.7. The Morgan fingerprint density at radius 2 is 0.684 bits per heavy atom. The van der Waals surface area contributed by atoms with Gasteiger partial charge in [-0.25, -0.2) is 8.42 Å².